The van der Waals surface area contributed by atoms with Gasteiger partial charge in [0.05, 0.1) is 22.0 Å². The molecule has 4 heterocycles. The summed E-state index contributed by atoms with van der Waals surface area (Å²) >= 11 is 8.17. The third-order valence-electron chi connectivity index (χ3n) is 3.93. The van der Waals surface area contributed by atoms with Gasteiger partial charge in [-0.15, -0.1) is 0 Å². The number of fused-ring (bicyclic) bond motifs is 2. The molecule has 4 aromatic heterocycles. The number of imidazole rings is 1. The van der Waals surface area contributed by atoms with Gasteiger partial charge in [0.15, 0.2) is 5.65 Å². The molecule has 0 aliphatic carbocycles. The molecule has 0 fully saturated rings. The first-order chi connectivity index (χ1) is 12.4. The number of amides is 1. The molecule has 0 atom stereocenters. The second kappa shape index (κ2) is 6.40. The van der Waals surface area contributed by atoms with Crippen LogP contribution in [0, 0.1) is 10.5 Å². The van der Waals surface area contributed by atoms with Crippen LogP contribution < -0.4 is 4.90 Å². The van der Waals surface area contributed by atoms with E-state index in [1.165, 1.54) is 10.6 Å². The minimum absolute atomic E-state index is 0.0579. The number of pyridine rings is 1. The van der Waals surface area contributed by atoms with E-state index in [9.17, 15) is 9.90 Å². The topological polar surface area (TPSA) is 88.0 Å². The Balaban J connectivity index is 1.81. The minimum Gasteiger partial charge on any atom is -0.465 e. The van der Waals surface area contributed by atoms with Gasteiger partial charge in [0.2, 0.25) is 0 Å². The van der Waals surface area contributed by atoms with Gasteiger partial charge in [-0.05, 0) is 41.1 Å². The maximum atomic E-state index is 11.9. The molecule has 26 heavy (non-hydrogen) atoms. The van der Waals surface area contributed by atoms with E-state index in [0.29, 0.717) is 17.2 Å². The summed E-state index contributed by atoms with van der Waals surface area (Å²) in [5.41, 5.74) is 2.92. The molecule has 0 aliphatic heterocycles. The van der Waals surface area contributed by atoms with Crippen molar-refractivity contribution < 1.29 is 9.90 Å². The molecule has 8 nitrogen and oxygen atoms in total. The highest BCUT2D eigenvalue weighted by Crippen LogP contribution is 2.24. The number of rotatable bonds is 3. The summed E-state index contributed by atoms with van der Waals surface area (Å²) < 4.78 is 4.11. The highest BCUT2D eigenvalue weighted by atomic mass is 127. The molecule has 0 saturated carbocycles. The van der Waals surface area contributed by atoms with Crippen LogP contribution in [0.5, 0.6) is 0 Å². The monoisotopic (exact) mass is 482 g/mol. The Morgan fingerprint density at radius 3 is 2.92 bits per heavy atom. The first-order valence-electron chi connectivity index (χ1n) is 7.57. The molecular weight excluding hydrogens is 471 g/mol. The Kier molecular flexibility index (Phi) is 4.19. The quantitative estimate of drug-likeness (QED) is 0.356. The molecule has 0 aliphatic rings. The van der Waals surface area contributed by atoms with Crippen molar-refractivity contribution in [3.05, 3.63) is 56.8 Å². The third kappa shape index (κ3) is 2.86. The van der Waals surface area contributed by atoms with Crippen molar-refractivity contribution in [2.24, 2.45) is 0 Å². The Bertz CT molecular complexity index is 1150. The van der Waals surface area contributed by atoms with Crippen LogP contribution in [0.2, 0.25) is 5.15 Å². The second-order valence-corrected chi connectivity index (χ2v) is 7.24. The van der Waals surface area contributed by atoms with Crippen LogP contribution in [0.1, 0.15) is 11.3 Å². The van der Waals surface area contributed by atoms with Crippen LogP contribution in [0.3, 0.4) is 0 Å². The van der Waals surface area contributed by atoms with E-state index in [1.54, 1.807) is 6.20 Å². The molecule has 0 unspecified atom stereocenters. The van der Waals surface area contributed by atoms with Gasteiger partial charge in [-0.1, -0.05) is 17.7 Å². The lowest BCUT2D eigenvalue weighted by Gasteiger charge is -2.19. The molecule has 132 valence electrons. The summed E-state index contributed by atoms with van der Waals surface area (Å²) in [5.74, 6) is 0.309. The summed E-state index contributed by atoms with van der Waals surface area (Å²) in [7, 11) is 0. The number of hydrogen-bond donors (Lipinski definition) is 1. The Hall–Kier alpha value is -2.40. The van der Waals surface area contributed by atoms with Gasteiger partial charge >= 0.3 is 6.09 Å². The minimum atomic E-state index is -1.13. The van der Waals surface area contributed by atoms with E-state index >= 15 is 0 Å². The zero-order valence-electron chi connectivity index (χ0n) is 13.5. The molecule has 1 amide bonds. The van der Waals surface area contributed by atoms with Crippen LogP contribution >= 0.6 is 34.2 Å². The summed E-state index contributed by atoms with van der Waals surface area (Å²) in [6.07, 6.45) is 4.16. The van der Waals surface area contributed by atoms with Crippen LogP contribution in [-0.2, 0) is 6.54 Å². The fourth-order valence-electron chi connectivity index (χ4n) is 2.77. The predicted octanol–water partition coefficient (Wildman–Crippen LogP) is 3.63. The van der Waals surface area contributed by atoms with E-state index in [4.69, 9.17) is 11.6 Å². The highest BCUT2D eigenvalue weighted by molar-refractivity contribution is 14.1. The lowest BCUT2D eigenvalue weighted by Crippen LogP contribution is -2.30. The van der Waals surface area contributed by atoms with E-state index in [1.807, 2.05) is 35.9 Å². The van der Waals surface area contributed by atoms with Crippen LogP contribution in [0.4, 0.5) is 10.6 Å². The number of carbonyl (C=O) groups is 1. The standard InChI is InChI=1S/C16H12ClIN6O2/c1-9-3-2-4-22-7-10(20-14(9)22)8-23(16(25)26)13-5-12(17)21-15-11(18)6-19-24(13)15/h2-7H,8H2,1H3,(H,25,26). The van der Waals surface area contributed by atoms with Crippen molar-refractivity contribution in [3.63, 3.8) is 0 Å². The lowest BCUT2D eigenvalue weighted by atomic mass is 10.3. The number of carboxylic acid groups (broad SMARTS) is 1. The van der Waals surface area contributed by atoms with Gasteiger partial charge in [-0.3, -0.25) is 4.90 Å². The summed E-state index contributed by atoms with van der Waals surface area (Å²) in [4.78, 5) is 21.8. The number of nitrogens with zero attached hydrogens (tertiary/aromatic N) is 6. The Morgan fingerprint density at radius 1 is 1.38 bits per heavy atom. The van der Waals surface area contributed by atoms with Gasteiger partial charge < -0.3 is 9.51 Å². The van der Waals surface area contributed by atoms with Crippen molar-refractivity contribution in [2.45, 2.75) is 13.5 Å². The smallest absolute Gasteiger partial charge is 0.413 e. The van der Waals surface area contributed by atoms with E-state index < -0.39 is 6.09 Å². The van der Waals surface area contributed by atoms with Crippen LogP contribution in [0.25, 0.3) is 11.3 Å². The molecule has 4 aromatic rings. The lowest BCUT2D eigenvalue weighted by molar-refractivity contribution is 0.201. The second-order valence-electron chi connectivity index (χ2n) is 5.69. The number of aryl methyl sites for hydroxylation is 1. The Morgan fingerprint density at radius 2 is 2.19 bits per heavy atom. The maximum absolute atomic E-state index is 11.9. The van der Waals surface area contributed by atoms with Crippen LogP contribution in [0.15, 0.2) is 36.8 Å². The van der Waals surface area contributed by atoms with E-state index in [-0.39, 0.29) is 11.7 Å². The third-order valence-corrected chi connectivity index (χ3v) is 4.89. The number of halogens is 2. The largest absolute Gasteiger partial charge is 0.465 e. The van der Waals surface area contributed by atoms with E-state index in [0.717, 1.165) is 19.7 Å². The zero-order chi connectivity index (χ0) is 18.4. The summed E-state index contributed by atoms with van der Waals surface area (Å²) in [5, 5.41) is 14.2. The van der Waals surface area contributed by atoms with Crippen molar-refractivity contribution in [2.75, 3.05) is 4.90 Å². The molecule has 4 rings (SSSR count). The van der Waals surface area contributed by atoms with Gasteiger partial charge in [0.25, 0.3) is 0 Å². The summed E-state index contributed by atoms with van der Waals surface area (Å²) in [6.45, 7) is 2.02. The molecule has 1 N–H and O–H groups in total. The van der Waals surface area contributed by atoms with E-state index in [2.05, 4.69) is 37.7 Å². The zero-order valence-corrected chi connectivity index (χ0v) is 16.4. The van der Waals surface area contributed by atoms with Crippen LogP contribution in [-0.4, -0.2) is 35.2 Å². The van der Waals surface area contributed by atoms with Gasteiger partial charge in [-0.2, -0.15) is 9.61 Å². The molecule has 0 aromatic carbocycles. The molecule has 0 spiro atoms. The first kappa shape index (κ1) is 17.0. The van der Waals surface area contributed by atoms with Gasteiger partial charge in [0, 0.05) is 18.5 Å². The SMILES string of the molecule is Cc1cccn2cc(CN(C(=O)O)c3cc(Cl)nc4c(I)cnn34)nc12. The van der Waals surface area contributed by atoms with Crippen molar-refractivity contribution in [1.29, 1.82) is 0 Å². The molecular formula is C16H12ClIN6O2. The number of anilines is 1. The average Bonchev–Trinajstić information content (AvgIpc) is 3.17. The predicted molar refractivity (Wildman–Crippen MR) is 105 cm³/mol. The van der Waals surface area contributed by atoms with Crippen molar-refractivity contribution in [1.82, 2.24) is 24.0 Å². The molecule has 0 saturated heterocycles. The normalized spacial score (nSPS) is 11.3. The number of hydrogen-bond acceptors (Lipinski definition) is 4. The molecule has 0 bridgehead atoms. The van der Waals surface area contributed by atoms with Gasteiger partial charge in [-0.25, -0.2) is 14.8 Å². The fourth-order valence-corrected chi connectivity index (χ4v) is 3.42. The van der Waals surface area contributed by atoms with Gasteiger partial charge in [0.1, 0.15) is 16.6 Å². The van der Waals surface area contributed by atoms with Crippen molar-refractivity contribution in [3.8, 4) is 0 Å². The highest BCUT2D eigenvalue weighted by Gasteiger charge is 2.22. The molecule has 0 radical (unpaired) electrons. The average molecular weight is 483 g/mol. The fraction of sp³-hybridized carbons (Fsp3) is 0.125. The number of aromatic nitrogens is 5. The summed E-state index contributed by atoms with van der Waals surface area (Å²) in [6, 6.07) is 5.35. The Labute approximate surface area is 166 Å². The molecule has 10 heteroatoms. The first-order valence-corrected chi connectivity index (χ1v) is 9.03. The maximum Gasteiger partial charge on any atom is 0.413 e. The van der Waals surface area contributed by atoms with Crippen molar-refractivity contribution >= 4 is 57.4 Å².